The summed E-state index contributed by atoms with van der Waals surface area (Å²) in [4.78, 5) is 52.6. The van der Waals surface area contributed by atoms with E-state index in [0.29, 0.717) is 57.5 Å². The van der Waals surface area contributed by atoms with E-state index in [0.717, 1.165) is 36.8 Å². The second-order valence-electron chi connectivity index (χ2n) is 9.82. The molecule has 8 bridgehead atoms. The lowest BCUT2D eigenvalue weighted by Crippen LogP contribution is -2.34. The Labute approximate surface area is 229 Å². The number of carbonyl (C=O) groups excluding carboxylic acids is 4. The summed E-state index contributed by atoms with van der Waals surface area (Å²) in [5.41, 5.74) is 1.85. The topological polar surface area (TPSA) is 116 Å². The first-order chi connectivity index (χ1) is 18.4. The Morgan fingerprint density at radius 3 is 1.13 bits per heavy atom. The van der Waals surface area contributed by atoms with E-state index in [2.05, 4.69) is 21.3 Å². The van der Waals surface area contributed by atoms with Crippen molar-refractivity contribution in [2.45, 2.75) is 38.8 Å². The maximum absolute atomic E-state index is 12.7. The van der Waals surface area contributed by atoms with Crippen LogP contribution in [0.1, 0.15) is 75.5 Å². The summed E-state index contributed by atoms with van der Waals surface area (Å²) >= 11 is 2.38. The van der Waals surface area contributed by atoms with Gasteiger partial charge in [-0.2, -0.15) is 0 Å². The summed E-state index contributed by atoms with van der Waals surface area (Å²) < 4.78 is 0. The van der Waals surface area contributed by atoms with Crippen LogP contribution in [0.25, 0.3) is 0 Å². The first-order valence-corrected chi connectivity index (χ1v) is 14.5. The largest absolute Gasteiger partial charge is 0.351 e. The van der Waals surface area contributed by atoms with E-state index in [9.17, 15) is 19.2 Å². The van der Waals surface area contributed by atoms with Crippen molar-refractivity contribution in [2.75, 3.05) is 13.1 Å². The van der Waals surface area contributed by atoms with E-state index in [1.165, 1.54) is 22.7 Å². The fraction of sp³-hybridized carbons (Fsp3) is 0.357. The van der Waals surface area contributed by atoms with E-state index in [-0.39, 0.29) is 23.6 Å². The molecule has 5 aliphatic rings. The molecule has 1 aromatic carbocycles. The first-order valence-electron chi connectivity index (χ1n) is 12.8. The third-order valence-electron chi connectivity index (χ3n) is 7.11. The number of hydrogen-bond acceptors (Lipinski definition) is 6. The number of benzene rings is 1. The van der Waals surface area contributed by atoms with Gasteiger partial charge in [-0.1, -0.05) is 24.3 Å². The molecule has 1 saturated carbocycles. The Kier molecular flexibility index (Phi) is 8.19. The summed E-state index contributed by atoms with van der Waals surface area (Å²) in [5.74, 6) is 0.0692. The van der Waals surface area contributed by atoms with Crippen LogP contribution in [0, 0.1) is 11.8 Å². The molecule has 1 aliphatic carbocycles. The van der Waals surface area contributed by atoms with E-state index in [1.807, 2.05) is 24.3 Å². The van der Waals surface area contributed by atoms with Crippen molar-refractivity contribution in [1.29, 1.82) is 0 Å². The molecule has 10 heteroatoms. The zero-order valence-electron chi connectivity index (χ0n) is 20.9. The Morgan fingerprint density at radius 2 is 0.789 bits per heavy atom. The van der Waals surface area contributed by atoms with Gasteiger partial charge in [0, 0.05) is 26.2 Å². The molecule has 6 heterocycles. The summed E-state index contributed by atoms with van der Waals surface area (Å²) in [7, 11) is 0. The van der Waals surface area contributed by atoms with Crippen LogP contribution < -0.4 is 21.3 Å². The lowest BCUT2D eigenvalue weighted by Gasteiger charge is -2.28. The molecule has 8 rings (SSSR count). The molecule has 0 radical (unpaired) electrons. The van der Waals surface area contributed by atoms with Crippen LogP contribution in [0.15, 0.2) is 48.5 Å². The van der Waals surface area contributed by atoms with Gasteiger partial charge in [0.1, 0.15) is 0 Å². The Morgan fingerprint density at radius 1 is 0.474 bits per heavy atom. The second kappa shape index (κ2) is 11.9. The van der Waals surface area contributed by atoms with Gasteiger partial charge in [0.2, 0.25) is 0 Å². The molecule has 2 aromatic heterocycles. The molecular weight excluding hydrogens is 520 g/mol. The lowest BCUT2D eigenvalue weighted by atomic mass is 9.82. The Hall–Kier alpha value is -3.50. The molecule has 8 nitrogen and oxygen atoms in total. The van der Waals surface area contributed by atoms with E-state index < -0.39 is 0 Å². The number of thiophene rings is 2. The van der Waals surface area contributed by atoms with Crippen LogP contribution >= 0.6 is 22.7 Å². The Bertz CT molecular complexity index is 1220. The molecule has 0 spiro atoms. The lowest BCUT2D eigenvalue weighted by molar-refractivity contribution is 0.0927. The highest BCUT2D eigenvalue weighted by Gasteiger charge is 2.23. The SMILES string of the molecule is O=C1NCc2ccc(cc2)CNC(=O)c2ccc(s2)C(=O)NCC2CCC(CC2)CNC(=O)c2ccc1s2. The molecule has 1 fully saturated rings. The van der Waals surface area contributed by atoms with Crippen molar-refractivity contribution in [3.63, 3.8) is 0 Å². The fourth-order valence-corrected chi connectivity index (χ4v) is 6.44. The number of carbonyl (C=O) groups is 4. The van der Waals surface area contributed by atoms with Crippen LogP contribution in [-0.2, 0) is 13.1 Å². The first kappa shape index (κ1) is 26.1. The summed E-state index contributed by atoms with van der Waals surface area (Å²) in [5, 5.41) is 11.9. The van der Waals surface area contributed by atoms with Gasteiger partial charge in [-0.05, 0) is 72.9 Å². The van der Waals surface area contributed by atoms with Crippen LogP contribution in [0.3, 0.4) is 0 Å². The predicted octanol–water partition coefficient (Wildman–Crippen LogP) is 3.95. The smallest absolute Gasteiger partial charge is 0.261 e. The van der Waals surface area contributed by atoms with Gasteiger partial charge < -0.3 is 21.3 Å². The zero-order valence-corrected chi connectivity index (χ0v) is 22.5. The third-order valence-corrected chi connectivity index (χ3v) is 9.27. The molecular formula is C28H30N4O4S2. The molecule has 4 N–H and O–H groups in total. The highest BCUT2D eigenvalue weighted by atomic mass is 32.1. The molecule has 38 heavy (non-hydrogen) atoms. The van der Waals surface area contributed by atoms with E-state index >= 15 is 0 Å². The fourth-order valence-electron chi connectivity index (χ4n) is 4.77. The van der Waals surface area contributed by atoms with Crippen molar-refractivity contribution in [2.24, 2.45) is 11.8 Å². The monoisotopic (exact) mass is 550 g/mol. The van der Waals surface area contributed by atoms with Crippen LogP contribution in [0.2, 0.25) is 0 Å². The van der Waals surface area contributed by atoms with E-state index in [1.54, 1.807) is 24.3 Å². The van der Waals surface area contributed by atoms with Crippen LogP contribution in [0.5, 0.6) is 0 Å². The highest BCUT2D eigenvalue weighted by molar-refractivity contribution is 7.16. The molecule has 0 unspecified atom stereocenters. The van der Waals surface area contributed by atoms with Gasteiger partial charge in [0.15, 0.2) is 0 Å². The average Bonchev–Trinajstić information content (AvgIpc) is 3.64. The van der Waals surface area contributed by atoms with Gasteiger partial charge in [-0.3, -0.25) is 19.2 Å². The number of rotatable bonds is 0. The molecule has 198 valence electrons. The second-order valence-corrected chi connectivity index (χ2v) is 12.0. The quantitative estimate of drug-likeness (QED) is 0.339. The number of hydrogen-bond donors (Lipinski definition) is 4. The van der Waals surface area contributed by atoms with Gasteiger partial charge >= 0.3 is 0 Å². The summed E-state index contributed by atoms with van der Waals surface area (Å²) in [6.45, 7) is 1.92. The standard InChI is InChI=1S/C28H30N4O4S2/c33-25-21-9-10-23(37-21)27(35)31-15-19-5-7-20(8-6-19)16-32-28(36)24-12-11-22(38-24)26(34)30-14-18-2-1-17(3-4-18)13-29-25/h1-4,9-12,19-20H,5-8,13-16H2,(H,29,33)(H,30,34)(H,31,35)(H,32,36). The highest BCUT2D eigenvalue weighted by Crippen LogP contribution is 2.28. The summed E-state index contributed by atoms with van der Waals surface area (Å²) in [6.07, 6.45) is 3.96. The molecule has 4 aliphatic heterocycles. The molecule has 0 atom stereocenters. The van der Waals surface area contributed by atoms with Crippen molar-refractivity contribution >= 4 is 46.3 Å². The van der Waals surface area contributed by atoms with Crippen molar-refractivity contribution in [3.8, 4) is 0 Å². The number of amides is 4. The average molecular weight is 551 g/mol. The minimum atomic E-state index is -0.215. The Balaban J connectivity index is 1.28. The van der Waals surface area contributed by atoms with Crippen LogP contribution in [0.4, 0.5) is 0 Å². The maximum atomic E-state index is 12.7. The molecule has 0 saturated heterocycles. The van der Waals surface area contributed by atoms with Crippen molar-refractivity contribution < 1.29 is 19.2 Å². The molecule has 3 aromatic rings. The molecule has 4 amide bonds. The van der Waals surface area contributed by atoms with Crippen molar-refractivity contribution in [3.05, 3.63) is 79.2 Å². The number of nitrogens with one attached hydrogen (secondary N) is 4. The van der Waals surface area contributed by atoms with E-state index in [4.69, 9.17) is 0 Å². The third kappa shape index (κ3) is 6.49. The maximum Gasteiger partial charge on any atom is 0.261 e. The predicted molar refractivity (Wildman–Crippen MR) is 148 cm³/mol. The zero-order chi connectivity index (χ0) is 26.5. The minimum Gasteiger partial charge on any atom is -0.351 e. The van der Waals surface area contributed by atoms with Gasteiger partial charge in [-0.25, -0.2) is 0 Å². The van der Waals surface area contributed by atoms with Crippen LogP contribution in [-0.4, -0.2) is 36.7 Å². The minimum absolute atomic E-state index is 0.150. The normalized spacial score (nSPS) is 21.4. The van der Waals surface area contributed by atoms with Gasteiger partial charge in [0.05, 0.1) is 19.5 Å². The van der Waals surface area contributed by atoms with Gasteiger partial charge in [-0.15, -0.1) is 22.7 Å². The summed E-state index contributed by atoms with van der Waals surface area (Å²) in [6, 6.07) is 14.4. The van der Waals surface area contributed by atoms with Crippen molar-refractivity contribution in [1.82, 2.24) is 21.3 Å². The van der Waals surface area contributed by atoms with Gasteiger partial charge in [0.25, 0.3) is 23.6 Å².